The van der Waals surface area contributed by atoms with Gasteiger partial charge in [-0.15, -0.1) is 0 Å². The van der Waals surface area contributed by atoms with E-state index in [-0.39, 0.29) is 6.04 Å². The number of furan rings is 1. The molecule has 3 nitrogen and oxygen atoms in total. The van der Waals surface area contributed by atoms with Gasteiger partial charge in [0.1, 0.15) is 11.5 Å². The average molecular weight is 230 g/mol. The molecule has 2 rings (SSSR count). The van der Waals surface area contributed by atoms with E-state index in [9.17, 15) is 0 Å². The minimum absolute atomic E-state index is 0.114. The van der Waals surface area contributed by atoms with Crippen molar-refractivity contribution in [2.24, 2.45) is 0 Å². The van der Waals surface area contributed by atoms with E-state index in [0.717, 1.165) is 24.5 Å². The predicted molar refractivity (Wildman–Crippen MR) is 67.8 cm³/mol. The number of hydrogen-bond donors (Lipinski definition) is 1. The molecule has 0 aromatic carbocycles. The minimum Gasteiger partial charge on any atom is -0.464 e. The van der Waals surface area contributed by atoms with Crippen LogP contribution in [0.4, 0.5) is 0 Å². The molecule has 2 aromatic heterocycles. The summed E-state index contributed by atoms with van der Waals surface area (Å²) in [6.45, 7) is 5.09. The highest BCUT2D eigenvalue weighted by atomic mass is 16.3. The third-order valence-electron chi connectivity index (χ3n) is 2.76. The van der Waals surface area contributed by atoms with E-state index in [2.05, 4.69) is 24.1 Å². The third kappa shape index (κ3) is 2.74. The molecule has 1 N–H and O–H groups in total. The van der Waals surface area contributed by atoms with Gasteiger partial charge in [0.2, 0.25) is 0 Å². The van der Waals surface area contributed by atoms with Crippen LogP contribution in [0.15, 0.2) is 41.1 Å². The first kappa shape index (κ1) is 11.9. The molecule has 0 saturated carbocycles. The Morgan fingerprint density at radius 1 is 1.18 bits per heavy atom. The number of aryl methyl sites for hydroxylation is 1. The zero-order valence-corrected chi connectivity index (χ0v) is 10.3. The number of hydrogen-bond acceptors (Lipinski definition) is 3. The maximum atomic E-state index is 5.82. The first-order chi connectivity index (χ1) is 8.35. The third-order valence-corrected chi connectivity index (χ3v) is 2.76. The second kappa shape index (κ2) is 5.64. The molecule has 1 unspecified atom stereocenters. The van der Waals surface area contributed by atoms with Gasteiger partial charge in [0.15, 0.2) is 0 Å². The SMILES string of the molecule is CCNC(c1ccncc1)c1ccc(CC)o1. The van der Waals surface area contributed by atoms with E-state index >= 15 is 0 Å². The van der Waals surface area contributed by atoms with Crippen LogP contribution in [0, 0.1) is 0 Å². The van der Waals surface area contributed by atoms with Crippen LogP contribution in [-0.2, 0) is 6.42 Å². The molecule has 1 atom stereocenters. The lowest BCUT2D eigenvalue weighted by atomic mass is 10.1. The lowest BCUT2D eigenvalue weighted by Crippen LogP contribution is -2.21. The fraction of sp³-hybridized carbons (Fsp3) is 0.357. The van der Waals surface area contributed by atoms with E-state index in [1.165, 1.54) is 5.56 Å². The molecule has 0 fully saturated rings. The van der Waals surface area contributed by atoms with Crippen LogP contribution in [0.25, 0.3) is 0 Å². The highest BCUT2D eigenvalue weighted by Crippen LogP contribution is 2.23. The number of rotatable bonds is 5. The van der Waals surface area contributed by atoms with Crippen molar-refractivity contribution in [3.05, 3.63) is 53.7 Å². The molecule has 0 amide bonds. The van der Waals surface area contributed by atoms with Gasteiger partial charge in [0.25, 0.3) is 0 Å². The van der Waals surface area contributed by atoms with Crippen molar-refractivity contribution < 1.29 is 4.42 Å². The van der Waals surface area contributed by atoms with Crippen LogP contribution in [-0.4, -0.2) is 11.5 Å². The Labute approximate surface area is 102 Å². The van der Waals surface area contributed by atoms with Crippen LogP contribution in [0.5, 0.6) is 0 Å². The Kier molecular flexibility index (Phi) is 3.94. The van der Waals surface area contributed by atoms with E-state index in [0.29, 0.717) is 0 Å². The fourth-order valence-electron chi connectivity index (χ4n) is 1.88. The number of nitrogens with zero attached hydrogens (tertiary/aromatic N) is 1. The fourth-order valence-corrected chi connectivity index (χ4v) is 1.88. The minimum atomic E-state index is 0.114. The summed E-state index contributed by atoms with van der Waals surface area (Å²) in [5, 5.41) is 3.43. The first-order valence-corrected chi connectivity index (χ1v) is 6.07. The molecule has 0 radical (unpaired) electrons. The molecule has 0 aliphatic rings. The molecule has 0 aliphatic carbocycles. The maximum absolute atomic E-state index is 5.82. The summed E-state index contributed by atoms with van der Waals surface area (Å²) in [4.78, 5) is 4.04. The second-order valence-electron chi connectivity index (χ2n) is 3.93. The van der Waals surface area contributed by atoms with Crippen molar-refractivity contribution in [3.8, 4) is 0 Å². The Bertz CT molecular complexity index is 450. The molecular formula is C14H18N2O. The van der Waals surface area contributed by atoms with Crippen LogP contribution in [0.3, 0.4) is 0 Å². The van der Waals surface area contributed by atoms with Crippen LogP contribution in [0.1, 0.15) is 37.0 Å². The van der Waals surface area contributed by atoms with Gasteiger partial charge in [0.05, 0.1) is 6.04 Å². The zero-order chi connectivity index (χ0) is 12.1. The Balaban J connectivity index is 2.28. The topological polar surface area (TPSA) is 38.1 Å². The number of nitrogens with one attached hydrogen (secondary N) is 1. The quantitative estimate of drug-likeness (QED) is 0.858. The maximum Gasteiger partial charge on any atom is 0.125 e. The smallest absolute Gasteiger partial charge is 0.125 e. The summed E-state index contributed by atoms with van der Waals surface area (Å²) >= 11 is 0. The monoisotopic (exact) mass is 230 g/mol. The van der Waals surface area contributed by atoms with Crippen molar-refractivity contribution in [3.63, 3.8) is 0 Å². The number of aromatic nitrogens is 1. The Hall–Kier alpha value is -1.61. The molecule has 0 bridgehead atoms. The molecule has 0 aliphatic heterocycles. The summed E-state index contributed by atoms with van der Waals surface area (Å²) in [5.41, 5.74) is 1.18. The van der Waals surface area contributed by atoms with Gasteiger partial charge in [-0.25, -0.2) is 0 Å². The van der Waals surface area contributed by atoms with Crippen molar-refractivity contribution in [1.29, 1.82) is 0 Å². The highest BCUT2D eigenvalue weighted by Gasteiger charge is 2.16. The normalized spacial score (nSPS) is 12.6. The van der Waals surface area contributed by atoms with Gasteiger partial charge in [-0.3, -0.25) is 4.98 Å². The highest BCUT2D eigenvalue weighted by molar-refractivity contribution is 5.25. The summed E-state index contributed by atoms with van der Waals surface area (Å²) in [7, 11) is 0. The van der Waals surface area contributed by atoms with Crippen LogP contribution < -0.4 is 5.32 Å². The summed E-state index contributed by atoms with van der Waals surface area (Å²) in [6, 6.07) is 8.24. The molecule has 2 aromatic rings. The number of pyridine rings is 1. The van der Waals surface area contributed by atoms with Crippen molar-refractivity contribution in [1.82, 2.24) is 10.3 Å². The van der Waals surface area contributed by atoms with Crippen molar-refractivity contribution in [2.75, 3.05) is 6.54 Å². The van der Waals surface area contributed by atoms with Gasteiger partial charge in [-0.05, 0) is 36.4 Å². The lowest BCUT2D eigenvalue weighted by molar-refractivity contribution is 0.425. The summed E-state index contributed by atoms with van der Waals surface area (Å²) in [6.07, 6.45) is 4.54. The van der Waals surface area contributed by atoms with Crippen molar-refractivity contribution in [2.45, 2.75) is 26.3 Å². The van der Waals surface area contributed by atoms with Crippen LogP contribution >= 0.6 is 0 Å². The van der Waals surface area contributed by atoms with Crippen molar-refractivity contribution >= 4 is 0 Å². The van der Waals surface area contributed by atoms with E-state index in [1.54, 1.807) is 0 Å². The van der Waals surface area contributed by atoms with E-state index < -0.39 is 0 Å². The molecule has 0 spiro atoms. The molecule has 90 valence electrons. The van der Waals surface area contributed by atoms with Gasteiger partial charge in [-0.1, -0.05) is 13.8 Å². The Morgan fingerprint density at radius 3 is 2.53 bits per heavy atom. The van der Waals surface area contributed by atoms with Gasteiger partial charge >= 0.3 is 0 Å². The lowest BCUT2D eigenvalue weighted by Gasteiger charge is -2.15. The Morgan fingerprint density at radius 2 is 1.94 bits per heavy atom. The summed E-state index contributed by atoms with van der Waals surface area (Å²) < 4.78 is 5.82. The van der Waals surface area contributed by atoms with Gasteiger partial charge in [0, 0.05) is 18.8 Å². The second-order valence-corrected chi connectivity index (χ2v) is 3.93. The van der Waals surface area contributed by atoms with Crippen LogP contribution in [0.2, 0.25) is 0 Å². The average Bonchev–Trinajstić information content (AvgIpc) is 2.85. The zero-order valence-electron chi connectivity index (χ0n) is 10.3. The summed E-state index contributed by atoms with van der Waals surface area (Å²) in [5.74, 6) is 1.99. The standard InChI is InChI=1S/C14H18N2O/c1-3-12-5-6-13(17-12)14(16-4-2)11-7-9-15-10-8-11/h5-10,14,16H,3-4H2,1-2H3. The molecule has 17 heavy (non-hydrogen) atoms. The van der Waals surface area contributed by atoms with Gasteiger partial charge < -0.3 is 9.73 Å². The first-order valence-electron chi connectivity index (χ1n) is 6.07. The van der Waals surface area contributed by atoms with E-state index in [4.69, 9.17) is 4.42 Å². The molecule has 0 saturated heterocycles. The largest absolute Gasteiger partial charge is 0.464 e. The molecule has 2 heterocycles. The van der Waals surface area contributed by atoms with E-state index in [1.807, 2.05) is 36.7 Å². The molecule has 3 heteroatoms. The predicted octanol–water partition coefficient (Wildman–Crippen LogP) is 2.94. The molecular weight excluding hydrogens is 212 g/mol. The van der Waals surface area contributed by atoms with Gasteiger partial charge in [-0.2, -0.15) is 0 Å².